The van der Waals surface area contributed by atoms with E-state index >= 15 is 0 Å². The number of ether oxygens (including phenoxy) is 2. The molecule has 0 radical (unpaired) electrons. The van der Waals surface area contributed by atoms with Gasteiger partial charge in [0.25, 0.3) is 0 Å². The second-order valence-corrected chi connectivity index (χ2v) is 6.33. The summed E-state index contributed by atoms with van der Waals surface area (Å²) in [6.45, 7) is 3.25. The van der Waals surface area contributed by atoms with Crippen LogP contribution in [0.4, 0.5) is 5.13 Å². The zero-order valence-electron chi connectivity index (χ0n) is 12.9. The normalized spacial score (nSPS) is 17.8. The molecular weight excluding hydrogens is 300 g/mol. The van der Waals surface area contributed by atoms with Crippen molar-refractivity contribution in [3.05, 3.63) is 18.2 Å². The Labute approximate surface area is 133 Å². The molecule has 1 aromatic heterocycles. The smallest absolute Gasteiger partial charge is 0.228 e. The van der Waals surface area contributed by atoms with Gasteiger partial charge in [0.05, 0.1) is 30.0 Å². The van der Waals surface area contributed by atoms with Crippen LogP contribution in [0.5, 0.6) is 5.75 Å². The summed E-state index contributed by atoms with van der Waals surface area (Å²) in [5, 5.41) is 0.741. The Kier molecular flexibility index (Phi) is 4.59. The van der Waals surface area contributed by atoms with Gasteiger partial charge in [-0.1, -0.05) is 18.3 Å². The van der Waals surface area contributed by atoms with Gasteiger partial charge >= 0.3 is 0 Å². The Morgan fingerprint density at radius 1 is 1.55 bits per heavy atom. The van der Waals surface area contributed by atoms with E-state index in [1.807, 2.05) is 25.1 Å². The standard InChI is InChI=1S/C16H20N2O3S/c1-3-15(19)18(10-12-5-4-8-21-12)16-17-13-7-6-11(20-2)9-14(13)22-16/h6-7,9,12H,3-5,8,10H2,1-2H3. The minimum Gasteiger partial charge on any atom is -0.497 e. The van der Waals surface area contributed by atoms with E-state index in [4.69, 9.17) is 9.47 Å². The summed E-state index contributed by atoms with van der Waals surface area (Å²) >= 11 is 1.52. The van der Waals surface area contributed by atoms with E-state index in [1.54, 1.807) is 12.0 Å². The third-order valence-electron chi connectivity index (χ3n) is 3.83. The summed E-state index contributed by atoms with van der Waals surface area (Å²) in [6.07, 6.45) is 2.66. The van der Waals surface area contributed by atoms with E-state index in [1.165, 1.54) is 11.3 Å². The van der Waals surface area contributed by atoms with Crippen molar-refractivity contribution in [2.24, 2.45) is 0 Å². The summed E-state index contributed by atoms with van der Waals surface area (Å²) < 4.78 is 11.9. The molecule has 1 atom stereocenters. The third-order valence-corrected chi connectivity index (χ3v) is 4.87. The first-order valence-corrected chi connectivity index (χ1v) is 8.39. The number of carbonyl (C=O) groups excluding carboxylic acids is 1. The van der Waals surface area contributed by atoms with Gasteiger partial charge in [-0.3, -0.25) is 9.69 Å². The number of fused-ring (bicyclic) bond motifs is 1. The highest BCUT2D eigenvalue weighted by Gasteiger charge is 2.25. The lowest BCUT2D eigenvalue weighted by Gasteiger charge is -2.22. The highest BCUT2D eigenvalue weighted by Crippen LogP contribution is 2.32. The Balaban J connectivity index is 1.90. The van der Waals surface area contributed by atoms with Crippen LogP contribution in [0.1, 0.15) is 26.2 Å². The lowest BCUT2D eigenvalue weighted by atomic mass is 10.2. The number of methoxy groups -OCH3 is 1. The number of carbonyl (C=O) groups is 1. The topological polar surface area (TPSA) is 51.7 Å². The molecular formula is C16H20N2O3S. The first kappa shape index (κ1) is 15.2. The molecule has 2 heterocycles. The number of aromatic nitrogens is 1. The zero-order valence-corrected chi connectivity index (χ0v) is 13.7. The monoisotopic (exact) mass is 320 g/mol. The van der Waals surface area contributed by atoms with Crippen molar-refractivity contribution in [3.63, 3.8) is 0 Å². The number of thiazole rings is 1. The average molecular weight is 320 g/mol. The predicted molar refractivity (Wildman–Crippen MR) is 87.8 cm³/mol. The molecule has 0 N–H and O–H groups in total. The summed E-state index contributed by atoms with van der Waals surface area (Å²) in [4.78, 5) is 18.7. The molecule has 3 rings (SSSR count). The van der Waals surface area contributed by atoms with Gasteiger partial charge in [-0.2, -0.15) is 0 Å². The highest BCUT2D eigenvalue weighted by atomic mass is 32.1. The van der Waals surface area contributed by atoms with Crippen molar-refractivity contribution < 1.29 is 14.3 Å². The van der Waals surface area contributed by atoms with Gasteiger partial charge in [-0.25, -0.2) is 4.98 Å². The van der Waals surface area contributed by atoms with E-state index < -0.39 is 0 Å². The number of hydrogen-bond donors (Lipinski definition) is 0. The van der Waals surface area contributed by atoms with Crippen LogP contribution in [0.25, 0.3) is 10.2 Å². The van der Waals surface area contributed by atoms with Gasteiger partial charge in [0, 0.05) is 13.0 Å². The summed E-state index contributed by atoms with van der Waals surface area (Å²) in [5.74, 6) is 0.886. The highest BCUT2D eigenvalue weighted by molar-refractivity contribution is 7.22. The van der Waals surface area contributed by atoms with Crippen LogP contribution in [0.2, 0.25) is 0 Å². The van der Waals surface area contributed by atoms with E-state index in [0.29, 0.717) is 13.0 Å². The largest absolute Gasteiger partial charge is 0.497 e. The van der Waals surface area contributed by atoms with Crippen LogP contribution in [0.15, 0.2) is 18.2 Å². The van der Waals surface area contributed by atoms with Crippen LogP contribution in [-0.2, 0) is 9.53 Å². The molecule has 0 bridgehead atoms. The average Bonchev–Trinajstić information content (AvgIpc) is 3.19. The second-order valence-electron chi connectivity index (χ2n) is 5.32. The van der Waals surface area contributed by atoms with Gasteiger partial charge in [-0.05, 0) is 31.0 Å². The molecule has 22 heavy (non-hydrogen) atoms. The van der Waals surface area contributed by atoms with Crippen molar-refractivity contribution in [1.82, 2.24) is 4.98 Å². The Morgan fingerprint density at radius 3 is 3.09 bits per heavy atom. The molecule has 1 saturated heterocycles. The minimum atomic E-state index is 0.0847. The number of rotatable bonds is 5. The van der Waals surface area contributed by atoms with Gasteiger partial charge in [-0.15, -0.1) is 0 Å². The van der Waals surface area contributed by atoms with Crippen LogP contribution < -0.4 is 9.64 Å². The third kappa shape index (κ3) is 3.08. The predicted octanol–water partition coefficient (Wildman–Crippen LogP) is 3.23. The molecule has 1 fully saturated rings. The Hall–Kier alpha value is -1.66. The molecule has 6 heteroatoms. The van der Waals surface area contributed by atoms with Gasteiger partial charge in [0.1, 0.15) is 5.75 Å². The molecule has 0 aliphatic carbocycles. The molecule has 5 nitrogen and oxygen atoms in total. The summed E-state index contributed by atoms with van der Waals surface area (Å²) in [7, 11) is 1.65. The minimum absolute atomic E-state index is 0.0847. The van der Waals surface area contributed by atoms with Crippen LogP contribution in [-0.4, -0.2) is 37.3 Å². The first-order valence-electron chi connectivity index (χ1n) is 7.57. The first-order chi connectivity index (χ1) is 10.7. The van der Waals surface area contributed by atoms with Crippen molar-refractivity contribution in [2.45, 2.75) is 32.3 Å². The molecule has 2 aromatic rings. The van der Waals surface area contributed by atoms with Crippen LogP contribution in [0.3, 0.4) is 0 Å². The van der Waals surface area contributed by atoms with Gasteiger partial charge < -0.3 is 9.47 Å². The van der Waals surface area contributed by atoms with E-state index in [-0.39, 0.29) is 12.0 Å². The van der Waals surface area contributed by atoms with E-state index in [2.05, 4.69) is 4.98 Å². The number of amides is 1. The molecule has 118 valence electrons. The maximum atomic E-state index is 12.3. The molecule has 1 aliphatic rings. The number of nitrogens with zero attached hydrogens (tertiary/aromatic N) is 2. The molecule has 1 amide bonds. The lowest BCUT2D eigenvalue weighted by Crippen LogP contribution is -2.37. The summed E-state index contributed by atoms with van der Waals surface area (Å²) in [5.41, 5.74) is 0.891. The molecule has 1 aromatic carbocycles. The number of benzene rings is 1. The Morgan fingerprint density at radius 2 is 2.41 bits per heavy atom. The molecule has 0 saturated carbocycles. The second kappa shape index (κ2) is 6.62. The quantitative estimate of drug-likeness (QED) is 0.849. The molecule has 1 unspecified atom stereocenters. The lowest BCUT2D eigenvalue weighted by molar-refractivity contribution is -0.118. The maximum absolute atomic E-state index is 12.3. The van der Waals surface area contributed by atoms with Crippen molar-refractivity contribution in [2.75, 3.05) is 25.2 Å². The van der Waals surface area contributed by atoms with Gasteiger partial charge in [0.2, 0.25) is 5.91 Å². The zero-order chi connectivity index (χ0) is 15.5. The van der Waals surface area contributed by atoms with E-state index in [9.17, 15) is 4.79 Å². The van der Waals surface area contributed by atoms with E-state index in [0.717, 1.165) is 40.5 Å². The van der Waals surface area contributed by atoms with Crippen molar-refractivity contribution in [1.29, 1.82) is 0 Å². The van der Waals surface area contributed by atoms with Crippen LogP contribution >= 0.6 is 11.3 Å². The van der Waals surface area contributed by atoms with Crippen molar-refractivity contribution in [3.8, 4) is 5.75 Å². The number of hydrogen-bond acceptors (Lipinski definition) is 5. The fourth-order valence-electron chi connectivity index (χ4n) is 2.60. The summed E-state index contributed by atoms with van der Waals surface area (Å²) in [6, 6.07) is 5.77. The number of anilines is 1. The fraction of sp³-hybridized carbons (Fsp3) is 0.500. The maximum Gasteiger partial charge on any atom is 0.228 e. The fourth-order valence-corrected chi connectivity index (χ4v) is 3.63. The molecule has 0 spiro atoms. The van der Waals surface area contributed by atoms with Crippen molar-refractivity contribution >= 4 is 32.6 Å². The SMILES string of the molecule is CCC(=O)N(CC1CCCO1)c1nc2ccc(OC)cc2s1. The molecule has 1 aliphatic heterocycles. The van der Waals surface area contributed by atoms with Gasteiger partial charge in [0.15, 0.2) is 5.13 Å². The Bertz CT molecular complexity index is 664. The van der Waals surface area contributed by atoms with Crippen LogP contribution in [0, 0.1) is 0 Å².